The number of benzene rings is 3. The Hall–Kier alpha value is -4.79. The summed E-state index contributed by atoms with van der Waals surface area (Å²) in [6.45, 7) is 9.67. The van der Waals surface area contributed by atoms with Gasteiger partial charge in [-0.25, -0.2) is 9.48 Å². The zero-order valence-electron chi connectivity index (χ0n) is 27.0. The van der Waals surface area contributed by atoms with Crippen LogP contribution in [0.15, 0.2) is 72.8 Å². The molecule has 0 atom stereocenters. The van der Waals surface area contributed by atoms with Crippen molar-refractivity contribution in [3.63, 3.8) is 0 Å². The summed E-state index contributed by atoms with van der Waals surface area (Å²) in [5.74, 6) is 2.11. The topological polar surface area (TPSA) is 97.7 Å². The fraction of sp³-hybridized carbons (Fsp3) is 0.361. The molecule has 4 aromatic rings. The Morgan fingerprint density at radius 2 is 1.62 bits per heavy atom. The van der Waals surface area contributed by atoms with Crippen molar-refractivity contribution >= 4 is 23.4 Å². The SMILES string of the molecule is COc1ccc(C(=O)N2CCC(Cc3ccccc3NC(=O)Nc3cc(C(C)(C)C)nn3-c3ccc(C)cc3)CC2)c(OC)c1. The van der Waals surface area contributed by atoms with E-state index in [1.165, 1.54) is 0 Å². The van der Waals surface area contributed by atoms with E-state index in [4.69, 9.17) is 14.6 Å². The molecule has 0 radical (unpaired) electrons. The standard InChI is InChI=1S/C36H43N5O4/c1-24-11-13-27(14-12-24)41-33(23-32(39-41)36(2,3)4)38-35(43)37-30-10-8-7-9-26(30)21-25-17-19-40(20-18-25)34(42)29-16-15-28(44-5)22-31(29)45-6/h7-16,22-23,25H,17-21H2,1-6H3,(H2,37,38,43). The van der Waals surface area contributed by atoms with Gasteiger partial charge in [-0.3, -0.25) is 10.1 Å². The molecule has 9 nitrogen and oxygen atoms in total. The molecule has 1 aromatic heterocycles. The van der Waals surface area contributed by atoms with Gasteiger partial charge < -0.3 is 19.7 Å². The third-order valence-electron chi connectivity index (χ3n) is 8.31. The van der Waals surface area contributed by atoms with E-state index in [0.29, 0.717) is 41.9 Å². The van der Waals surface area contributed by atoms with E-state index < -0.39 is 0 Å². The predicted octanol–water partition coefficient (Wildman–Crippen LogP) is 7.23. The molecule has 3 aromatic carbocycles. The van der Waals surface area contributed by atoms with Crippen molar-refractivity contribution in [1.82, 2.24) is 14.7 Å². The van der Waals surface area contributed by atoms with Gasteiger partial charge in [0.2, 0.25) is 0 Å². The second-order valence-corrected chi connectivity index (χ2v) is 12.7. The number of aryl methyl sites for hydroxylation is 1. The van der Waals surface area contributed by atoms with Crippen LogP contribution in [0.2, 0.25) is 0 Å². The minimum atomic E-state index is -0.329. The lowest BCUT2D eigenvalue weighted by atomic mass is 9.89. The molecule has 45 heavy (non-hydrogen) atoms. The van der Waals surface area contributed by atoms with Crippen LogP contribution in [0.5, 0.6) is 11.5 Å². The molecule has 0 aliphatic carbocycles. The number of methoxy groups -OCH3 is 2. The Balaban J connectivity index is 1.24. The van der Waals surface area contributed by atoms with Gasteiger partial charge >= 0.3 is 6.03 Å². The molecular weight excluding hydrogens is 566 g/mol. The van der Waals surface area contributed by atoms with Gasteiger partial charge in [-0.15, -0.1) is 0 Å². The van der Waals surface area contributed by atoms with Crippen molar-refractivity contribution in [3.8, 4) is 17.2 Å². The summed E-state index contributed by atoms with van der Waals surface area (Å²) in [6.07, 6.45) is 2.55. The minimum Gasteiger partial charge on any atom is -0.497 e. The maximum absolute atomic E-state index is 13.3. The fourth-order valence-corrected chi connectivity index (χ4v) is 5.61. The number of rotatable bonds is 8. The molecule has 2 N–H and O–H groups in total. The van der Waals surface area contributed by atoms with Crippen LogP contribution in [0, 0.1) is 12.8 Å². The first kappa shape index (κ1) is 31.6. The molecule has 0 unspecified atom stereocenters. The summed E-state index contributed by atoms with van der Waals surface area (Å²) in [4.78, 5) is 28.5. The molecular formula is C36H43N5O4. The number of hydrogen-bond acceptors (Lipinski definition) is 5. The Morgan fingerprint density at radius 3 is 2.29 bits per heavy atom. The molecule has 0 spiro atoms. The largest absolute Gasteiger partial charge is 0.497 e. The van der Waals surface area contributed by atoms with Gasteiger partial charge in [0, 0.05) is 36.3 Å². The van der Waals surface area contributed by atoms with Crippen LogP contribution in [-0.4, -0.2) is 53.9 Å². The zero-order chi connectivity index (χ0) is 32.1. The van der Waals surface area contributed by atoms with Gasteiger partial charge in [0.1, 0.15) is 17.3 Å². The van der Waals surface area contributed by atoms with Gasteiger partial charge in [-0.2, -0.15) is 5.10 Å². The Bertz CT molecular complexity index is 1650. The number of carbonyl (C=O) groups excluding carboxylic acids is 2. The zero-order valence-corrected chi connectivity index (χ0v) is 27.0. The first-order valence-corrected chi connectivity index (χ1v) is 15.4. The average molecular weight is 610 g/mol. The van der Waals surface area contributed by atoms with Gasteiger partial charge in [-0.1, -0.05) is 56.7 Å². The van der Waals surface area contributed by atoms with Crippen LogP contribution in [-0.2, 0) is 11.8 Å². The van der Waals surface area contributed by atoms with E-state index in [1.807, 2.05) is 60.4 Å². The quantitative estimate of drug-likeness (QED) is 0.220. The maximum atomic E-state index is 13.3. The first-order valence-electron chi connectivity index (χ1n) is 15.4. The number of carbonyl (C=O) groups is 2. The summed E-state index contributed by atoms with van der Waals surface area (Å²) in [5, 5.41) is 10.9. The third-order valence-corrected chi connectivity index (χ3v) is 8.31. The van der Waals surface area contributed by atoms with Crippen LogP contribution < -0.4 is 20.1 Å². The maximum Gasteiger partial charge on any atom is 0.324 e. The number of nitrogens with one attached hydrogen (secondary N) is 2. The van der Waals surface area contributed by atoms with E-state index in [-0.39, 0.29) is 17.4 Å². The molecule has 1 saturated heterocycles. The molecule has 3 amide bonds. The molecule has 236 valence electrons. The highest BCUT2D eigenvalue weighted by molar-refractivity contribution is 6.00. The van der Waals surface area contributed by atoms with Gasteiger partial charge in [0.05, 0.1) is 31.2 Å². The molecule has 0 bridgehead atoms. The average Bonchev–Trinajstić information content (AvgIpc) is 3.46. The van der Waals surface area contributed by atoms with Crippen molar-refractivity contribution in [2.45, 2.75) is 52.4 Å². The number of para-hydroxylation sites is 1. The number of aromatic nitrogens is 2. The Morgan fingerprint density at radius 1 is 0.911 bits per heavy atom. The van der Waals surface area contributed by atoms with Crippen LogP contribution >= 0.6 is 0 Å². The number of amides is 3. The van der Waals surface area contributed by atoms with Gasteiger partial charge in [0.15, 0.2) is 0 Å². The number of hydrogen-bond donors (Lipinski definition) is 2. The predicted molar refractivity (Wildman–Crippen MR) is 178 cm³/mol. The monoisotopic (exact) mass is 609 g/mol. The Kier molecular flexibility index (Phi) is 9.46. The van der Waals surface area contributed by atoms with Gasteiger partial charge in [-0.05, 0) is 68.0 Å². The van der Waals surface area contributed by atoms with Crippen molar-refractivity contribution in [2.75, 3.05) is 37.9 Å². The number of anilines is 2. The van der Waals surface area contributed by atoms with Crippen LogP contribution in [0.3, 0.4) is 0 Å². The third kappa shape index (κ3) is 7.48. The highest BCUT2D eigenvalue weighted by atomic mass is 16.5. The summed E-state index contributed by atoms with van der Waals surface area (Å²) in [6, 6.07) is 22.9. The van der Waals surface area contributed by atoms with Crippen LogP contribution in [0.25, 0.3) is 5.69 Å². The van der Waals surface area contributed by atoms with E-state index in [1.54, 1.807) is 37.1 Å². The van der Waals surface area contributed by atoms with Crippen LogP contribution in [0.4, 0.5) is 16.3 Å². The lowest BCUT2D eigenvalue weighted by Crippen LogP contribution is -2.39. The van der Waals surface area contributed by atoms with Gasteiger partial charge in [0.25, 0.3) is 5.91 Å². The number of urea groups is 1. The summed E-state index contributed by atoms with van der Waals surface area (Å²) >= 11 is 0. The number of likely N-dealkylation sites (tertiary alicyclic amines) is 1. The van der Waals surface area contributed by atoms with Crippen molar-refractivity contribution in [2.24, 2.45) is 5.92 Å². The van der Waals surface area contributed by atoms with Crippen LogP contribution in [0.1, 0.15) is 60.8 Å². The van der Waals surface area contributed by atoms with Crippen molar-refractivity contribution in [1.29, 1.82) is 0 Å². The molecule has 5 rings (SSSR count). The second-order valence-electron chi connectivity index (χ2n) is 12.7. The van der Waals surface area contributed by atoms with E-state index >= 15 is 0 Å². The lowest BCUT2D eigenvalue weighted by Gasteiger charge is -2.32. The molecule has 1 aliphatic rings. The van der Waals surface area contributed by atoms with Crippen molar-refractivity contribution < 1.29 is 19.1 Å². The summed E-state index contributed by atoms with van der Waals surface area (Å²) in [5.41, 5.74) is 5.11. The van der Waals surface area contributed by atoms with E-state index in [2.05, 4.69) is 37.5 Å². The summed E-state index contributed by atoms with van der Waals surface area (Å²) < 4.78 is 12.5. The van der Waals surface area contributed by atoms with Crippen molar-refractivity contribution in [3.05, 3.63) is 95.2 Å². The summed E-state index contributed by atoms with van der Waals surface area (Å²) in [7, 11) is 3.15. The molecule has 1 fully saturated rings. The smallest absolute Gasteiger partial charge is 0.324 e. The number of ether oxygens (including phenoxy) is 2. The Labute approximate surface area is 265 Å². The fourth-order valence-electron chi connectivity index (χ4n) is 5.61. The number of piperidine rings is 1. The molecule has 0 saturated carbocycles. The first-order chi connectivity index (χ1) is 21.5. The molecule has 9 heteroatoms. The van der Waals surface area contributed by atoms with E-state index in [9.17, 15) is 9.59 Å². The highest BCUT2D eigenvalue weighted by Gasteiger charge is 2.27. The normalized spacial score (nSPS) is 13.8. The second kappa shape index (κ2) is 13.5. The van der Waals surface area contributed by atoms with E-state index in [0.717, 1.165) is 47.5 Å². The number of nitrogens with zero attached hydrogens (tertiary/aromatic N) is 3. The highest BCUT2D eigenvalue weighted by Crippen LogP contribution is 2.30. The molecule has 1 aliphatic heterocycles. The molecule has 2 heterocycles. The minimum absolute atomic E-state index is 0.0359. The lowest BCUT2D eigenvalue weighted by molar-refractivity contribution is 0.0687.